The van der Waals surface area contributed by atoms with Gasteiger partial charge in [0, 0.05) is 43.8 Å². The van der Waals surface area contributed by atoms with Crippen molar-refractivity contribution in [3.05, 3.63) is 48.5 Å². The van der Waals surface area contributed by atoms with E-state index in [0.29, 0.717) is 6.04 Å². The van der Waals surface area contributed by atoms with E-state index < -0.39 is 0 Å². The van der Waals surface area contributed by atoms with E-state index in [0.717, 1.165) is 6.54 Å². The number of nitrogens with one attached hydrogen (secondary N) is 1. The average Bonchev–Trinajstić information content (AvgIpc) is 3.05. The Labute approximate surface area is 133 Å². The van der Waals surface area contributed by atoms with Gasteiger partial charge < -0.3 is 14.8 Å². The summed E-state index contributed by atoms with van der Waals surface area (Å²) in [5, 5.41) is 3.67. The minimum absolute atomic E-state index is 0.618. The van der Waals surface area contributed by atoms with Crippen molar-refractivity contribution in [3.63, 3.8) is 0 Å². The highest BCUT2D eigenvalue weighted by Gasteiger charge is 2.18. The minimum Gasteiger partial charge on any atom is -0.382 e. The number of aryl methyl sites for hydroxylation is 2. The summed E-state index contributed by atoms with van der Waals surface area (Å²) >= 11 is 0. The first-order valence-corrected chi connectivity index (χ1v) is 8.31. The van der Waals surface area contributed by atoms with Gasteiger partial charge in [-0.2, -0.15) is 0 Å². The van der Waals surface area contributed by atoms with Crippen molar-refractivity contribution in [2.45, 2.75) is 38.8 Å². The van der Waals surface area contributed by atoms with Gasteiger partial charge in [0.2, 0.25) is 0 Å². The molecule has 1 saturated heterocycles. The number of piperidine rings is 1. The van der Waals surface area contributed by atoms with E-state index in [-0.39, 0.29) is 0 Å². The topological polar surface area (TPSA) is 33.1 Å². The Morgan fingerprint density at radius 2 is 1.91 bits per heavy atom. The summed E-state index contributed by atoms with van der Waals surface area (Å²) in [6.07, 6.45) is 9.46. The SMILES string of the molecule is Cc1ccc(NC2CCN(CCCn3ccnc3)CC2)cc1. The zero-order valence-electron chi connectivity index (χ0n) is 13.4. The lowest BCUT2D eigenvalue weighted by molar-refractivity contribution is 0.213. The van der Waals surface area contributed by atoms with Crippen LogP contribution in [0, 0.1) is 6.92 Å². The van der Waals surface area contributed by atoms with Crippen LogP contribution in [0.1, 0.15) is 24.8 Å². The summed E-state index contributed by atoms with van der Waals surface area (Å²) in [7, 11) is 0. The molecular weight excluding hydrogens is 272 g/mol. The third-order valence-corrected chi connectivity index (χ3v) is 4.46. The van der Waals surface area contributed by atoms with Crippen molar-refractivity contribution < 1.29 is 0 Å². The molecule has 3 rings (SSSR count). The second-order valence-electron chi connectivity index (χ2n) is 6.28. The first-order chi connectivity index (χ1) is 10.8. The molecular formula is C18H26N4. The zero-order valence-corrected chi connectivity index (χ0v) is 13.4. The molecule has 118 valence electrons. The molecule has 0 unspecified atom stereocenters. The quantitative estimate of drug-likeness (QED) is 0.889. The Hall–Kier alpha value is -1.81. The van der Waals surface area contributed by atoms with Crippen LogP contribution < -0.4 is 5.32 Å². The second kappa shape index (κ2) is 7.45. The van der Waals surface area contributed by atoms with Gasteiger partial charge in [0.05, 0.1) is 6.33 Å². The fourth-order valence-electron chi connectivity index (χ4n) is 3.08. The second-order valence-corrected chi connectivity index (χ2v) is 6.28. The number of hydrogen-bond donors (Lipinski definition) is 1. The molecule has 0 aliphatic carbocycles. The molecule has 0 bridgehead atoms. The highest BCUT2D eigenvalue weighted by Crippen LogP contribution is 2.17. The van der Waals surface area contributed by atoms with Crippen molar-refractivity contribution in [2.24, 2.45) is 0 Å². The number of rotatable bonds is 6. The fourth-order valence-corrected chi connectivity index (χ4v) is 3.08. The summed E-state index contributed by atoms with van der Waals surface area (Å²) in [5.74, 6) is 0. The van der Waals surface area contributed by atoms with E-state index in [2.05, 4.69) is 51.0 Å². The van der Waals surface area contributed by atoms with Crippen LogP contribution in [0.15, 0.2) is 43.0 Å². The summed E-state index contributed by atoms with van der Waals surface area (Å²) in [5.41, 5.74) is 2.57. The molecule has 1 aromatic heterocycles. The molecule has 1 aromatic carbocycles. The van der Waals surface area contributed by atoms with Crippen molar-refractivity contribution in [1.82, 2.24) is 14.5 Å². The largest absolute Gasteiger partial charge is 0.382 e. The summed E-state index contributed by atoms with van der Waals surface area (Å²) in [6, 6.07) is 9.34. The summed E-state index contributed by atoms with van der Waals surface area (Å²) < 4.78 is 2.16. The number of benzene rings is 1. The maximum atomic E-state index is 4.08. The van der Waals surface area contributed by atoms with Gasteiger partial charge in [-0.05, 0) is 44.9 Å². The molecule has 2 aromatic rings. The van der Waals surface area contributed by atoms with Crippen molar-refractivity contribution in [3.8, 4) is 0 Å². The standard InChI is InChI=1S/C18H26N4/c1-16-3-5-17(6-4-16)20-18-7-12-21(13-8-18)10-2-11-22-14-9-19-15-22/h3-6,9,14-15,18,20H,2,7-8,10-13H2,1H3. The van der Waals surface area contributed by atoms with E-state index in [9.17, 15) is 0 Å². The Balaban J connectivity index is 1.36. The lowest BCUT2D eigenvalue weighted by Gasteiger charge is -2.32. The predicted octanol–water partition coefficient (Wildman–Crippen LogP) is 3.16. The van der Waals surface area contributed by atoms with E-state index in [1.54, 1.807) is 0 Å². The molecule has 1 aliphatic rings. The molecule has 0 amide bonds. The lowest BCUT2D eigenvalue weighted by atomic mass is 10.0. The normalized spacial score (nSPS) is 16.8. The van der Waals surface area contributed by atoms with Gasteiger partial charge in [0.15, 0.2) is 0 Å². The van der Waals surface area contributed by atoms with Gasteiger partial charge in [-0.3, -0.25) is 0 Å². The third kappa shape index (κ3) is 4.34. The minimum atomic E-state index is 0.618. The molecule has 1 fully saturated rings. The monoisotopic (exact) mass is 298 g/mol. The third-order valence-electron chi connectivity index (χ3n) is 4.46. The van der Waals surface area contributed by atoms with Gasteiger partial charge in [-0.15, -0.1) is 0 Å². The number of hydrogen-bond acceptors (Lipinski definition) is 3. The smallest absolute Gasteiger partial charge is 0.0945 e. The number of nitrogens with zero attached hydrogens (tertiary/aromatic N) is 3. The Morgan fingerprint density at radius 1 is 1.14 bits per heavy atom. The van der Waals surface area contributed by atoms with Crippen LogP contribution in [0.3, 0.4) is 0 Å². The van der Waals surface area contributed by atoms with Crippen LogP contribution in [-0.4, -0.2) is 40.1 Å². The Bertz CT molecular complexity index is 539. The maximum absolute atomic E-state index is 4.08. The van der Waals surface area contributed by atoms with Crippen molar-refractivity contribution in [2.75, 3.05) is 25.0 Å². The molecule has 0 saturated carbocycles. The highest BCUT2D eigenvalue weighted by atomic mass is 15.1. The van der Waals surface area contributed by atoms with E-state index in [1.165, 1.54) is 50.1 Å². The molecule has 0 atom stereocenters. The van der Waals surface area contributed by atoms with E-state index >= 15 is 0 Å². The van der Waals surface area contributed by atoms with Crippen LogP contribution in [-0.2, 0) is 6.54 Å². The molecule has 4 nitrogen and oxygen atoms in total. The number of aromatic nitrogens is 2. The van der Waals surface area contributed by atoms with E-state index in [4.69, 9.17) is 0 Å². The molecule has 0 spiro atoms. The first-order valence-electron chi connectivity index (χ1n) is 8.31. The number of anilines is 1. The fraction of sp³-hybridized carbons (Fsp3) is 0.500. The van der Waals surface area contributed by atoms with Gasteiger partial charge in [-0.25, -0.2) is 4.98 Å². The molecule has 0 radical (unpaired) electrons. The summed E-state index contributed by atoms with van der Waals surface area (Å²) in [4.78, 5) is 6.67. The van der Waals surface area contributed by atoms with Crippen LogP contribution in [0.25, 0.3) is 0 Å². The lowest BCUT2D eigenvalue weighted by Crippen LogP contribution is -2.39. The van der Waals surface area contributed by atoms with Crippen molar-refractivity contribution in [1.29, 1.82) is 0 Å². The first kappa shape index (κ1) is 15.1. The van der Waals surface area contributed by atoms with Crippen LogP contribution >= 0.6 is 0 Å². The number of likely N-dealkylation sites (tertiary alicyclic amines) is 1. The molecule has 2 heterocycles. The number of imidazole rings is 1. The van der Waals surface area contributed by atoms with Gasteiger partial charge in [-0.1, -0.05) is 17.7 Å². The Kier molecular flexibility index (Phi) is 5.11. The average molecular weight is 298 g/mol. The van der Waals surface area contributed by atoms with Crippen molar-refractivity contribution >= 4 is 5.69 Å². The predicted molar refractivity (Wildman–Crippen MR) is 91.1 cm³/mol. The van der Waals surface area contributed by atoms with Crippen LogP contribution in [0.2, 0.25) is 0 Å². The zero-order chi connectivity index (χ0) is 15.2. The van der Waals surface area contributed by atoms with Crippen LogP contribution in [0.5, 0.6) is 0 Å². The highest BCUT2D eigenvalue weighted by molar-refractivity contribution is 5.45. The van der Waals surface area contributed by atoms with Gasteiger partial charge in [0.1, 0.15) is 0 Å². The van der Waals surface area contributed by atoms with Gasteiger partial charge >= 0.3 is 0 Å². The summed E-state index contributed by atoms with van der Waals surface area (Å²) in [6.45, 7) is 6.80. The molecule has 22 heavy (non-hydrogen) atoms. The molecule has 4 heteroatoms. The van der Waals surface area contributed by atoms with E-state index in [1.807, 2.05) is 18.7 Å². The van der Waals surface area contributed by atoms with Gasteiger partial charge in [0.25, 0.3) is 0 Å². The maximum Gasteiger partial charge on any atom is 0.0945 e. The molecule has 1 N–H and O–H groups in total. The van der Waals surface area contributed by atoms with Crippen LogP contribution in [0.4, 0.5) is 5.69 Å². The molecule has 1 aliphatic heterocycles. The Morgan fingerprint density at radius 3 is 2.59 bits per heavy atom.